The van der Waals surface area contributed by atoms with Crippen molar-refractivity contribution in [3.05, 3.63) is 41.5 Å². The quantitative estimate of drug-likeness (QED) is 0.692. The van der Waals surface area contributed by atoms with Crippen LogP contribution in [0.5, 0.6) is 0 Å². The normalized spacial score (nSPS) is 10.3. The number of nitrogens with one attached hydrogen (secondary N) is 2. The zero-order valence-corrected chi connectivity index (χ0v) is 10.1. The van der Waals surface area contributed by atoms with Gasteiger partial charge in [0, 0.05) is 19.2 Å². The summed E-state index contributed by atoms with van der Waals surface area (Å²) in [5.41, 5.74) is 1.76. The summed E-state index contributed by atoms with van der Waals surface area (Å²) in [5.74, 6) is -0.975. The Bertz CT molecular complexity index is 438. The van der Waals surface area contributed by atoms with Gasteiger partial charge in [-0.3, -0.25) is 0 Å². The van der Waals surface area contributed by atoms with Crippen molar-refractivity contribution in [1.29, 1.82) is 0 Å². The standard InChI is InChI=1S/C13H16N2O3/c1-2-14-13(18)15-9-11-5-3-10(4-6-11)7-8-12(16)17/h3-8H,2,9H2,1H3,(H,16,17)(H2,14,15,18). The fourth-order valence-corrected chi connectivity index (χ4v) is 1.32. The maximum absolute atomic E-state index is 11.2. The highest BCUT2D eigenvalue weighted by Gasteiger charge is 1.98. The molecule has 1 rings (SSSR count). The lowest BCUT2D eigenvalue weighted by Gasteiger charge is -2.05. The van der Waals surface area contributed by atoms with Crippen LogP contribution in [0.25, 0.3) is 6.08 Å². The molecule has 0 aromatic heterocycles. The maximum Gasteiger partial charge on any atom is 0.328 e. The molecule has 0 spiro atoms. The Labute approximate surface area is 106 Å². The van der Waals surface area contributed by atoms with Crippen LogP contribution >= 0.6 is 0 Å². The fraction of sp³-hybridized carbons (Fsp3) is 0.231. The van der Waals surface area contributed by atoms with Crippen LogP contribution in [0.2, 0.25) is 0 Å². The molecule has 0 heterocycles. The van der Waals surface area contributed by atoms with E-state index in [1.165, 1.54) is 6.08 Å². The number of rotatable bonds is 5. The first-order valence-electron chi connectivity index (χ1n) is 5.63. The predicted octanol–water partition coefficient (Wildman–Crippen LogP) is 1.60. The molecule has 1 aromatic carbocycles. The van der Waals surface area contributed by atoms with E-state index < -0.39 is 5.97 Å². The zero-order chi connectivity index (χ0) is 13.4. The Morgan fingerprint density at radius 1 is 1.22 bits per heavy atom. The van der Waals surface area contributed by atoms with Gasteiger partial charge in [0.25, 0.3) is 0 Å². The molecular formula is C13H16N2O3. The molecule has 0 radical (unpaired) electrons. The van der Waals surface area contributed by atoms with Crippen molar-refractivity contribution in [2.24, 2.45) is 0 Å². The molecule has 96 valence electrons. The molecule has 18 heavy (non-hydrogen) atoms. The molecule has 0 fully saturated rings. The average molecular weight is 248 g/mol. The van der Waals surface area contributed by atoms with Crippen molar-refractivity contribution in [2.45, 2.75) is 13.5 Å². The Kier molecular flexibility index (Phi) is 5.44. The average Bonchev–Trinajstić information content (AvgIpc) is 2.35. The number of carbonyl (C=O) groups excluding carboxylic acids is 1. The Morgan fingerprint density at radius 2 is 1.89 bits per heavy atom. The largest absolute Gasteiger partial charge is 0.478 e. The van der Waals surface area contributed by atoms with Gasteiger partial charge >= 0.3 is 12.0 Å². The van der Waals surface area contributed by atoms with Gasteiger partial charge in [-0.05, 0) is 24.1 Å². The third kappa shape index (κ3) is 5.16. The van der Waals surface area contributed by atoms with Gasteiger partial charge < -0.3 is 15.7 Å². The second-order valence-corrected chi connectivity index (χ2v) is 3.63. The van der Waals surface area contributed by atoms with Crippen molar-refractivity contribution in [3.8, 4) is 0 Å². The molecular weight excluding hydrogens is 232 g/mol. The van der Waals surface area contributed by atoms with E-state index in [2.05, 4.69) is 10.6 Å². The van der Waals surface area contributed by atoms with Crippen molar-refractivity contribution >= 4 is 18.1 Å². The number of amides is 2. The van der Waals surface area contributed by atoms with Gasteiger partial charge in [0.1, 0.15) is 0 Å². The SMILES string of the molecule is CCNC(=O)NCc1ccc(C=CC(=O)O)cc1. The van der Waals surface area contributed by atoms with Gasteiger partial charge in [0.2, 0.25) is 0 Å². The van der Waals surface area contributed by atoms with E-state index in [4.69, 9.17) is 5.11 Å². The smallest absolute Gasteiger partial charge is 0.328 e. The fourth-order valence-electron chi connectivity index (χ4n) is 1.32. The predicted molar refractivity (Wildman–Crippen MR) is 69.0 cm³/mol. The lowest BCUT2D eigenvalue weighted by molar-refractivity contribution is -0.131. The van der Waals surface area contributed by atoms with Crippen LogP contribution in [0.15, 0.2) is 30.3 Å². The van der Waals surface area contributed by atoms with Crippen molar-refractivity contribution in [2.75, 3.05) is 6.54 Å². The third-order valence-electron chi connectivity index (χ3n) is 2.19. The monoisotopic (exact) mass is 248 g/mol. The molecule has 0 aliphatic heterocycles. The molecule has 0 bridgehead atoms. The van der Waals surface area contributed by atoms with Gasteiger partial charge in [-0.1, -0.05) is 24.3 Å². The summed E-state index contributed by atoms with van der Waals surface area (Å²) in [7, 11) is 0. The zero-order valence-electron chi connectivity index (χ0n) is 10.1. The summed E-state index contributed by atoms with van der Waals surface area (Å²) in [4.78, 5) is 21.5. The molecule has 0 saturated heterocycles. The minimum absolute atomic E-state index is 0.202. The molecule has 0 aliphatic rings. The molecule has 5 heteroatoms. The second kappa shape index (κ2) is 7.11. The van der Waals surface area contributed by atoms with Crippen LogP contribution in [0.3, 0.4) is 0 Å². The van der Waals surface area contributed by atoms with Gasteiger partial charge in [-0.2, -0.15) is 0 Å². The Balaban J connectivity index is 2.50. The number of carboxylic acid groups (broad SMARTS) is 1. The minimum atomic E-state index is -0.975. The van der Waals surface area contributed by atoms with E-state index >= 15 is 0 Å². The molecule has 0 unspecified atom stereocenters. The maximum atomic E-state index is 11.2. The van der Waals surface area contributed by atoms with Gasteiger partial charge in [0.15, 0.2) is 0 Å². The van der Waals surface area contributed by atoms with E-state index in [0.717, 1.165) is 17.2 Å². The van der Waals surface area contributed by atoms with Crippen LogP contribution in [-0.4, -0.2) is 23.7 Å². The van der Waals surface area contributed by atoms with E-state index in [9.17, 15) is 9.59 Å². The van der Waals surface area contributed by atoms with Gasteiger partial charge in [-0.15, -0.1) is 0 Å². The molecule has 1 aromatic rings. The highest BCUT2D eigenvalue weighted by molar-refractivity contribution is 5.85. The molecule has 5 nitrogen and oxygen atoms in total. The number of carboxylic acids is 1. The van der Waals surface area contributed by atoms with Crippen LogP contribution in [0.1, 0.15) is 18.1 Å². The number of hydrogen-bond acceptors (Lipinski definition) is 2. The number of aliphatic carboxylic acids is 1. The van der Waals surface area contributed by atoms with Gasteiger partial charge in [-0.25, -0.2) is 9.59 Å². The number of benzene rings is 1. The first-order chi connectivity index (χ1) is 8.61. The number of urea groups is 1. The highest BCUT2D eigenvalue weighted by atomic mass is 16.4. The summed E-state index contributed by atoms with van der Waals surface area (Å²) in [5, 5.41) is 13.8. The van der Waals surface area contributed by atoms with E-state index in [1.54, 1.807) is 12.1 Å². The third-order valence-corrected chi connectivity index (χ3v) is 2.19. The molecule has 0 aliphatic carbocycles. The van der Waals surface area contributed by atoms with Crippen LogP contribution in [-0.2, 0) is 11.3 Å². The summed E-state index contributed by atoms with van der Waals surface area (Å²) < 4.78 is 0. The number of hydrogen-bond donors (Lipinski definition) is 3. The molecule has 3 N–H and O–H groups in total. The van der Waals surface area contributed by atoms with Crippen molar-refractivity contribution < 1.29 is 14.7 Å². The van der Waals surface area contributed by atoms with Crippen molar-refractivity contribution in [1.82, 2.24) is 10.6 Å². The van der Waals surface area contributed by atoms with Crippen LogP contribution < -0.4 is 10.6 Å². The van der Waals surface area contributed by atoms with Crippen molar-refractivity contribution in [3.63, 3.8) is 0 Å². The van der Waals surface area contributed by atoms with Crippen LogP contribution in [0, 0.1) is 0 Å². The Morgan fingerprint density at radius 3 is 2.44 bits per heavy atom. The highest BCUT2D eigenvalue weighted by Crippen LogP contribution is 2.06. The Hall–Kier alpha value is -2.30. The summed E-state index contributed by atoms with van der Waals surface area (Å²) in [6.45, 7) is 2.88. The number of carbonyl (C=O) groups is 2. The first kappa shape index (κ1) is 13.8. The second-order valence-electron chi connectivity index (χ2n) is 3.63. The molecule has 0 atom stereocenters. The van der Waals surface area contributed by atoms with Gasteiger partial charge in [0.05, 0.1) is 0 Å². The van der Waals surface area contributed by atoms with E-state index in [1.807, 2.05) is 19.1 Å². The summed E-state index contributed by atoms with van der Waals surface area (Å²) in [6.07, 6.45) is 2.60. The van der Waals surface area contributed by atoms with E-state index in [0.29, 0.717) is 13.1 Å². The topological polar surface area (TPSA) is 78.4 Å². The molecule has 2 amide bonds. The first-order valence-corrected chi connectivity index (χ1v) is 5.63. The minimum Gasteiger partial charge on any atom is -0.478 e. The lowest BCUT2D eigenvalue weighted by Crippen LogP contribution is -2.34. The lowest BCUT2D eigenvalue weighted by atomic mass is 10.1. The van der Waals surface area contributed by atoms with Crippen LogP contribution in [0.4, 0.5) is 4.79 Å². The summed E-state index contributed by atoms with van der Waals surface area (Å²) in [6, 6.07) is 7.08. The molecule has 0 saturated carbocycles. The summed E-state index contributed by atoms with van der Waals surface area (Å²) >= 11 is 0. The van der Waals surface area contributed by atoms with E-state index in [-0.39, 0.29) is 6.03 Å².